The maximum atomic E-state index is 11.4. The Morgan fingerprint density at radius 2 is 1.69 bits per heavy atom. The molecule has 9 nitrogen and oxygen atoms in total. The zero-order valence-corrected chi connectivity index (χ0v) is 15.7. The first-order chi connectivity index (χ1) is 12.0. The Labute approximate surface area is 150 Å². The van der Waals surface area contributed by atoms with Gasteiger partial charge in [0.1, 0.15) is 0 Å². The van der Waals surface area contributed by atoms with Crippen LogP contribution < -0.4 is 0 Å². The molecule has 0 amide bonds. The van der Waals surface area contributed by atoms with Gasteiger partial charge < -0.3 is 29.7 Å². The van der Waals surface area contributed by atoms with Crippen LogP contribution in [0.3, 0.4) is 0 Å². The molecular weight excluding hydrogens is 382 g/mol. The Morgan fingerprint density at radius 3 is 2.27 bits per heavy atom. The van der Waals surface area contributed by atoms with Gasteiger partial charge in [-0.2, -0.15) is 0 Å². The van der Waals surface area contributed by atoms with Crippen LogP contribution in [0.4, 0.5) is 0 Å². The third-order valence-electron chi connectivity index (χ3n) is 4.18. The zero-order chi connectivity index (χ0) is 19.4. The number of hydrogen-bond donors (Lipinski definition) is 6. The maximum Gasteiger partial charge on any atom is 0.369 e. The van der Waals surface area contributed by atoms with E-state index < -0.39 is 26.7 Å². The molecule has 0 aromatic carbocycles. The highest BCUT2D eigenvalue weighted by Crippen LogP contribution is 2.69. The van der Waals surface area contributed by atoms with Crippen molar-refractivity contribution in [3.63, 3.8) is 0 Å². The topological polar surface area (TPSA) is 164 Å². The average Bonchev–Trinajstić information content (AvgIpc) is 2.99. The molecule has 2 aromatic rings. The fourth-order valence-electron chi connectivity index (χ4n) is 2.66. The summed E-state index contributed by atoms with van der Waals surface area (Å²) < 4.78 is 22.8. The number of pyridine rings is 1. The van der Waals surface area contributed by atoms with E-state index >= 15 is 0 Å². The number of aryl methyl sites for hydroxylation is 3. The second-order valence-electron chi connectivity index (χ2n) is 6.02. The van der Waals surface area contributed by atoms with Crippen molar-refractivity contribution in [3.05, 3.63) is 53.6 Å². The number of nitrogens with one attached hydrogen (secondary N) is 1. The number of aromatic nitrogens is 2. The lowest BCUT2D eigenvalue weighted by atomic mass is 10.0. The zero-order valence-electron chi connectivity index (χ0n) is 13.9. The van der Waals surface area contributed by atoms with E-state index in [0.717, 1.165) is 24.1 Å². The van der Waals surface area contributed by atoms with Crippen molar-refractivity contribution in [1.29, 1.82) is 0 Å². The summed E-state index contributed by atoms with van der Waals surface area (Å²) in [7, 11) is -10.9. The van der Waals surface area contributed by atoms with Gasteiger partial charge in [-0.15, -0.1) is 0 Å². The fourth-order valence-corrected chi connectivity index (χ4v) is 4.83. The Bertz CT molecular complexity index is 790. The Hall–Kier alpha value is -1.31. The highest BCUT2D eigenvalue weighted by Gasteiger charge is 2.58. The number of nitrogens with zero attached hydrogens (tertiary/aromatic N) is 1. The summed E-state index contributed by atoms with van der Waals surface area (Å²) in [6.07, 6.45) is 4.65. The quantitative estimate of drug-likeness (QED) is 0.343. The van der Waals surface area contributed by atoms with Crippen LogP contribution in [0.15, 0.2) is 36.7 Å². The second kappa shape index (κ2) is 8.15. The Morgan fingerprint density at radius 1 is 1.00 bits per heavy atom. The smallest absolute Gasteiger partial charge is 0.368 e. The predicted molar refractivity (Wildman–Crippen MR) is 94.4 cm³/mol. The molecule has 144 valence electrons. The number of H-pyrrole nitrogens is 1. The highest BCUT2D eigenvalue weighted by atomic mass is 31.2. The molecule has 0 unspecified atom stereocenters. The van der Waals surface area contributed by atoms with E-state index in [4.69, 9.17) is 0 Å². The molecule has 0 aliphatic carbocycles. The van der Waals surface area contributed by atoms with Crippen molar-refractivity contribution >= 4 is 15.2 Å². The van der Waals surface area contributed by atoms with Crippen molar-refractivity contribution in [2.75, 3.05) is 0 Å². The van der Waals surface area contributed by atoms with Crippen molar-refractivity contribution in [2.24, 2.45) is 0 Å². The molecule has 0 atom stereocenters. The molecule has 0 aliphatic rings. The molecular formula is C15H22N2O7P2. The monoisotopic (exact) mass is 404 g/mol. The third kappa shape index (κ3) is 4.90. The SMILES string of the molecule is O=P(O)(O)C(O)(CCc1[nH]ccc1CCCc1ccccn1)P(=O)(O)O. The second-order valence-corrected chi connectivity index (χ2v) is 10.0. The molecule has 0 fully saturated rings. The van der Waals surface area contributed by atoms with Crippen LogP contribution >= 0.6 is 15.2 Å². The number of hydrogen-bond acceptors (Lipinski definition) is 4. The molecule has 0 spiro atoms. The van der Waals surface area contributed by atoms with Gasteiger partial charge in [0.2, 0.25) is 0 Å². The van der Waals surface area contributed by atoms with E-state index in [-0.39, 0.29) is 6.42 Å². The maximum absolute atomic E-state index is 11.4. The molecule has 2 rings (SSSR count). The average molecular weight is 404 g/mol. The lowest BCUT2D eigenvalue weighted by Gasteiger charge is -2.29. The lowest BCUT2D eigenvalue weighted by Crippen LogP contribution is -2.29. The van der Waals surface area contributed by atoms with Crippen LogP contribution in [0.25, 0.3) is 0 Å². The van der Waals surface area contributed by atoms with Crippen LogP contribution in [-0.4, -0.2) is 39.7 Å². The standard InChI is InChI=1S/C15H22N2O7P2/c18-15(25(19,20)21,26(22,23)24)9-7-14-12(8-11-17-14)4-3-6-13-5-1-2-10-16-13/h1-2,5,8,10-11,17-18H,3-4,6-7,9H2,(H2,19,20,21)(H2,22,23,24). The minimum absolute atomic E-state index is 0.112. The molecule has 2 heterocycles. The summed E-state index contributed by atoms with van der Waals surface area (Å²) in [5.74, 6) is 0. The number of aliphatic hydroxyl groups is 1. The van der Waals surface area contributed by atoms with Crippen LogP contribution in [-0.2, 0) is 28.4 Å². The Kier molecular flexibility index (Phi) is 6.58. The summed E-state index contributed by atoms with van der Waals surface area (Å²) in [5, 5.41) is 6.56. The summed E-state index contributed by atoms with van der Waals surface area (Å²) >= 11 is 0. The molecule has 6 N–H and O–H groups in total. The molecule has 11 heteroatoms. The van der Waals surface area contributed by atoms with Crippen LogP contribution in [0.5, 0.6) is 0 Å². The fraction of sp³-hybridized carbons (Fsp3) is 0.400. The first-order valence-corrected chi connectivity index (χ1v) is 11.2. The first kappa shape index (κ1) is 21.0. The van der Waals surface area contributed by atoms with Gasteiger partial charge in [-0.1, -0.05) is 6.07 Å². The minimum Gasteiger partial charge on any atom is -0.368 e. The normalized spacial score (nSPS) is 13.1. The molecule has 2 aromatic heterocycles. The molecule has 0 radical (unpaired) electrons. The lowest BCUT2D eigenvalue weighted by molar-refractivity contribution is 0.123. The number of rotatable bonds is 9. The molecule has 26 heavy (non-hydrogen) atoms. The van der Waals surface area contributed by atoms with E-state index in [1.807, 2.05) is 18.2 Å². The van der Waals surface area contributed by atoms with Gasteiger partial charge in [0.05, 0.1) is 0 Å². The molecule has 0 bridgehead atoms. The largest absolute Gasteiger partial charge is 0.369 e. The van der Waals surface area contributed by atoms with Crippen molar-refractivity contribution in [1.82, 2.24) is 9.97 Å². The van der Waals surface area contributed by atoms with Gasteiger partial charge in [0.25, 0.3) is 5.08 Å². The summed E-state index contributed by atoms with van der Waals surface area (Å²) in [6, 6.07) is 7.44. The summed E-state index contributed by atoms with van der Waals surface area (Å²) in [6.45, 7) is 0. The summed E-state index contributed by atoms with van der Waals surface area (Å²) in [5.41, 5.74) is 2.38. The highest BCUT2D eigenvalue weighted by molar-refractivity contribution is 7.72. The van der Waals surface area contributed by atoms with Crippen LogP contribution in [0, 0.1) is 0 Å². The van der Waals surface area contributed by atoms with Gasteiger partial charge >= 0.3 is 15.2 Å². The van der Waals surface area contributed by atoms with Crippen LogP contribution in [0.1, 0.15) is 29.8 Å². The summed E-state index contributed by atoms with van der Waals surface area (Å²) in [4.78, 5) is 43.9. The van der Waals surface area contributed by atoms with Gasteiger partial charge in [0, 0.05) is 30.2 Å². The predicted octanol–water partition coefficient (Wildman–Crippen LogP) is 1.52. The van der Waals surface area contributed by atoms with E-state index in [9.17, 15) is 33.8 Å². The molecule has 0 saturated heterocycles. The van der Waals surface area contributed by atoms with Crippen LogP contribution in [0.2, 0.25) is 0 Å². The van der Waals surface area contributed by atoms with E-state index in [0.29, 0.717) is 12.1 Å². The third-order valence-corrected chi connectivity index (χ3v) is 8.05. The molecule has 0 aliphatic heterocycles. The first-order valence-electron chi connectivity index (χ1n) is 7.93. The van der Waals surface area contributed by atoms with Gasteiger partial charge in [-0.25, -0.2) is 0 Å². The van der Waals surface area contributed by atoms with Crippen molar-refractivity contribution < 1.29 is 33.8 Å². The van der Waals surface area contributed by atoms with Gasteiger partial charge in [0.15, 0.2) is 0 Å². The number of aromatic amines is 1. The van der Waals surface area contributed by atoms with E-state index in [2.05, 4.69) is 9.97 Å². The van der Waals surface area contributed by atoms with Crippen molar-refractivity contribution in [3.8, 4) is 0 Å². The van der Waals surface area contributed by atoms with E-state index in [1.165, 1.54) is 0 Å². The Balaban J connectivity index is 2.02. The van der Waals surface area contributed by atoms with Crippen molar-refractivity contribution in [2.45, 2.75) is 37.2 Å². The van der Waals surface area contributed by atoms with Gasteiger partial charge in [-0.05, 0) is 49.4 Å². The van der Waals surface area contributed by atoms with Gasteiger partial charge in [-0.3, -0.25) is 14.1 Å². The van der Waals surface area contributed by atoms with E-state index in [1.54, 1.807) is 18.5 Å². The minimum atomic E-state index is -5.43. The molecule has 0 saturated carbocycles.